The molecular weight excluding hydrogens is 430 g/mol. The molecule has 0 fully saturated rings. The number of phenols is 1. The Morgan fingerprint density at radius 1 is 0.943 bits per heavy atom. The molecule has 0 saturated heterocycles. The summed E-state index contributed by atoms with van der Waals surface area (Å²) < 4.78 is 0. The van der Waals surface area contributed by atoms with E-state index in [0.717, 1.165) is 18.4 Å². The number of nitrogens with one attached hydrogen (secondary N) is 1. The second-order valence-electron chi connectivity index (χ2n) is 11.2. The van der Waals surface area contributed by atoms with Crippen LogP contribution in [0.2, 0.25) is 0 Å². The van der Waals surface area contributed by atoms with Crippen LogP contribution in [0.3, 0.4) is 0 Å². The summed E-state index contributed by atoms with van der Waals surface area (Å²) in [6, 6.07) is 19.1. The maximum Gasteiger partial charge on any atom is 0.255 e. The Morgan fingerprint density at radius 2 is 1.54 bits per heavy atom. The van der Waals surface area contributed by atoms with Gasteiger partial charge in [-0.05, 0) is 100 Å². The highest BCUT2D eigenvalue weighted by Crippen LogP contribution is 2.50. The molecule has 3 aromatic carbocycles. The Bertz CT molecular complexity index is 1260. The van der Waals surface area contributed by atoms with E-state index in [2.05, 4.69) is 65.1 Å². The van der Waals surface area contributed by atoms with Crippen molar-refractivity contribution in [1.82, 2.24) is 0 Å². The number of hydrogen-bond acceptors (Lipinski definition) is 2. The second kappa shape index (κ2) is 9.37. The lowest BCUT2D eigenvalue weighted by atomic mass is 9.82. The lowest BCUT2D eigenvalue weighted by molar-refractivity contribution is 0.102. The van der Waals surface area contributed by atoms with Crippen LogP contribution in [0.15, 0.2) is 60.7 Å². The molecule has 0 aliphatic heterocycles. The van der Waals surface area contributed by atoms with Crippen LogP contribution in [0.4, 0.5) is 5.69 Å². The number of rotatable bonds is 6. The molecule has 3 nitrogen and oxygen atoms in total. The zero-order valence-electron chi connectivity index (χ0n) is 21.8. The third-order valence-electron chi connectivity index (χ3n) is 7.21. The first-order valence-corrected chi connectivity index (χ1v) is 12.6. The quantitative estimate of drug-likeness (QED) is 0.284. The normalized spacial score (nSPS) is 16.1. The lowest BCUT2D eigenvalue weighted by Crippen LogP contribution is -2.18. The van der Waals surface area contributed by atoms with E-state index in [1.165, 1.54) is 34.2 Å². The fraction of sp³-hybridized carbons (Fsp3) is 0.344. The summed E-state index contributed by atoms with van der Waals surface area (Å²) in [6.07, 6.45) is 5.57. The molecule has 0 aromatic heterocycles. The first kappa shape index (κ1) is 24.8. The van der Waals surface area contributed by atoms with Crippen LogP contribution in [0.1, 0.15) is 92.6 Å². The molecule has 2 N–H and O–H groups in total. The largest absolute Gasteiger partial charge is 0.508 e. The zero-order chi connectivity index (χ0) is 25.4. The predicted molar refractivity (Wildman–Crippen MR) is 147 cm³/mol. The molecule has 35 heavy (non-hydrogen) atoms. The molecule has 1 amide bonds. The molecule has 1 aliphatic rings. The molecule has 0 heterocycles. The van der Waals surface area contributed by atoms with Gasteiger partial charge in [-0.15, -0.1) is 0 Å². The number of carbonyl (C=O) groups excluding carboxylic acids is 1. The first-order chi connectivity index (χ1) is 16.5. The third kappa shape index (κ3) is 5.19. The summed E-state index contributed by atoms with van der Waals surface area (Å²) in [4.78, 5) is 12.6. The van der Waals surface area contributed by atoms with Gasteiger partial charge in [0, 0.05) is 11.3 Å². The summed E-state index contributed by atoms with van der Waals surface area (Å²) in [5.74, 6) is 0.00360. The number of aryl methyl sites for hydroxylation is 1. The van der Waals surface area contributed by atoms with Gasteiger partial charge in [-0.25, -0.2) is 0 Å². The molecule has 0 saturated carbocycles. The van der Waals surface area contributed by atoms with Crippen LogP contribution in [0.5, 0.6) is 5.75 Å². The molecule has 0 radical (unpaired) electrons. The van der Waals surface area contributed by atoms with Crippen LogP contribution in [-0.2, 0) is 17.3 Å². The SMILES string of the molecule is CCCc1cc2c(cc1/C(C)=C/c1ccc(C(=O)Nc3ccc(O)cc3)cc1)C(C)(C)CC2(C)C. The molecule has 182 valence electrons. The molecule has 3 aromatic rings. The van der Waals surface area contributed by atoms with Gasteiger partial charge >= 0.3 is 0 Å². The summed E-state index contributed by atoms with van der Waals surface area (Å²) >= 11 is 0. The van der Waals surface area contributed by atoms with Crippen LogP contribution in [0, 0.1) is 0 Å². The van der Waals surface area contributed by atoms with Crippen molar-refractivity contribution in [2.45, 2.75) is 71.6 Å². The molecular formula is C32H37NO2. The summed E-state index contributed by atoms with van der Waals surface area (Å²) in [5, 5.41) is 12.3. The fourth-order valence-corrected chi connectivity index (χ4v) is 5.71. The zero-order valence-corrected chi connectivity index (χ0v) is 21.8. The van der Waals surface area contributed by atoms with Crippen molar-refractivity contribution >= 4 is 23.2 Å². The molecule has 0 bridgehead atoms. The third-order valence-corrected chi connectivity index (χ3v) is 7.21. The van der Waals surface area contributed by atoms with Crippen molar-refractivity contribution in [3.8, 4) is 5.75 Å². The topological polar surface area (TPSA) is 49.3 Å². The minimum absolute atomic E-state index is 0.170. The Kier molecular flexibility index (Phi) is 6.64. The highest BCUT2D eigenvalue weighted by Gasteiger charge is 2.42. The number of allylic oxidation sites excluding steroid dienone is 1. The van der Waals surface area contributed by atoms with Crippen molar-refractivity contribution in [2.75, 3.05) is 5.32 Å². The maximum atomic E-state index is 12.6. The van der Waals surface area contributed by atoms with Gasteiger partial charge in [0.1, 0.15) is 5.75 Å². The van der Waals surface area contributed by atoms with Crippen LogP contribution < -0.4 is 5.32 Å². The molecule has 1 aliphatic carbocycles. The summed E-state index contributed by atoms with van der Waals surface area (Å²) in [5.41, 5.74) is 9.70. The first-order valence-electron chi connectivity index (χ1n) is 12.6. The van der Waals surface area contributed by atoms with Crippen molar-refractivity contribution in [3.63, 3.8) is 0 Å². The average molecular weight is 468 g/mol. The number of fused-ring (bicyclic) bond motifs is 1. The molecule has 4 rings (SSSR count). The van der Waals surface area contributed by atoms with Gasteiger partial charge in [-0.3, -0.25) is 4.79 Å². The smallest absolute Gasteiger partial charge is 0.255 e. The Balaban J connectivity index is 1.61. The monoisotopic (exact) mass is 467 g/mol. The van der Waals surface area contributed by atoms with Crippen molar-refractivity contribution < 1.29 is 9.90 Å². The average Bonchev–Trinajstić information content (AvgIpc) is 2.98. The number of benzene rings is 3. The minimum Gasteiger partial charge on any atom is -0.508 e. The fourth-order valence-electron chi connectivity index (χ4n) is 5.71. The molecule has 0 atom stereocenters. The number of hydrogen-bond donors (Lipinski definition) is 2. The maximum absolute atomic E-state index is 12.6. The van der Waals surface area contributed by atoms with Crippen molar-refractivity contribution in [2.24, 2.45) is 0 Å². The predicted octanol–water partition coefficient (Wildman–Crippen LogP) is 8.12. The van der Waals surface area contributed by atoms with Gasteiger partial charge in [0.25, 0.3) is 5.91 Å². The summed E-state index contributed by atoms with van der Waals surface area (Å²) in [6.45, 7) is 13.9. The van der Waals surface area contributed by atoms with E-state index in [-0.39, 0.29) is 22.5 Å². The minimum atomic E-state index is -0.170. The van der Waals surface area contributed by atoms with E-state index in [4.69, 9.17) is 0 Å². The van der Waals surface area contributed by atoms with Crippen molar-refractivity contribution in [3.05, 3.63) is 94.0 Å². The van der Waals surface area contributed by atoms with Gasteiger partial charge in [0.15, 0.2) is 0 Å². The Morgan fingerprint density at radius 3 is 2.14 bits per heavy atom. The number of aromatic hydroxyl groups is 1. The van der Waals surface area contributed by atoms with E-state index in [1.807, 2.05) is 24.3 Å². The number of phenolic OH excluding ortho intramolecular Hbond substituents is 1. The van der Waals surface area contributed by atoms with E-state index in [0.29, 0.717) is 11.3 Å². The van der Waals surface area contributed by atoms with Gasteiger partial charge in [-0.1, -0.05) is 71.4 Å². The Hall–Kier alpha value is -3.33. The highest BCUT2D eigenvalue weighted by molar-refractivity contribution is 6.04. The molecule has 3 heteroatoms. The number of carbonyl (C=O) groups is 1. The van der Waals surface area contributed by atoms with Crippen LogP contribution in [0.25, 0.3) is 11.6 Å². The van der Waals surface area contributed by atoms with Crippen molar-refractivity contribution in [1.29, 1.82) is 0 Å². The Labute approximate surface area is 209 Å². The standard InChI is InChI=1S/C32H37NO2/c1-7-8-24-18-28-29(32(5,6)20-31(28,3)4)19-27(24)21(2)17-22-9-11-23(12-10-22)30(35)33-25-13-15-26(34)16-14-25/h9-19,34H,7-8,20H2,1-6H3,(H,33,35)/b21-17+. The van der Waals surface area contributed by atoms with E-state index < -0.39 is 0 Å². The van der Waals surface area contributed by atoms with Gasteiger partial charge in [0.2, 0.25) is 0 Å². The van der Waals surface area contributed by atoms with Gasteiger partial charge in [-0.2, -0.15) is 0 Å². The van der Waals surface area contributed by atoms with E-state index in [1.54, 1.807) is 24.3 Å². The second-order valence-corrected chi connectivity index (χ2v) is 11.2. The van der Waals surface area contributed by atoms with E-state index in [9.17, 15) is 9.90 Å². The number of anilines is 1. The van der Waals surface area contributed by atoms with Crippen LogP contribution in [-0.4, -0.2) is 11.0 Å². The molecule has 0 unspecified atom stereocenters. The van der Waals surface area contributed by atoms with E-state index >= 15 is 0 Å². The van der Waals surface area contributed by atoms with Crippen LogP contribution >= 0.6 is 0 Å². The lowest BCUT2D eigenvalue weighted by Gasteiger charge is -2.22. The molecule has 0 spiro atoms. The van der Waals surface area contributed by atoms with Gasteiger partial charge < -0.3 is 10.4 Å². The van der Waals surface area contributed by atoms with Gasteiger partial charge in [0.05, 0.1) is 0 Å². The highest BCUT2D eigenvalue weighted by atomic mass is 16.3. The summed E-state index contributed by atoms with van der Waals surface area (Å²) in [7, 11) is 0. The number of amides is 1.